The molecule has 3 atom stereocenters. The van der Waals surface area contributed by atoms with E-state index in [0.717, 1.165) is 6.42 Å². The van der Waals surface area contributed by atoms with Gasteiger partial charge in [0.15, 0.2) is 0 Å². The van der Waals surface area contributed by atoms with Crippen molar-refractivity contribution in [2.75, 3.05) is 6.61 Å². The zero-order valence-corrected chi connectivity index (χ0v) is 9.53. The quantitative estimate of drug-likeness (QED) is 0.722. The van der Waals surface area contributed by atoms with Crippen LogP contribution in [0.15, 0.2) is 0 Å². The third-order valence-electron chi connectivity index (χ3n) is 2.37. The lowest BCUT2D eigenvalue weighted by Crippen LogP contribution is -2.64. The molecule has 0 bridgehead atoms. The predicted molar refractivity (Wildman–Crippen MR) is 56.5 cm³/mol. The highest BCUT2D eigenvalue weighted by Crippen LogP contribution is 2.22. The predicted octanol–water partition coefficient (Wildman–Crippen LogP) is 0.626. The standard InChI is InChI=1S/C10H20N2O3/c1-4-14-8-5-7(11)9(8)12-10(13)15-6(2)3/h6-9H,4-5,11H2,1-3H3,(H,12,13). The summed E-state index contributed by atoms with van der Waals surface area (Å²) in [5.74, 6) is 0. The van der Waals surface area contributed by atoms with Crippen LogP contribution in [0.3, 0.4) is 0 Å². The number of alkyl carbamates (subject to hydrolysis) is 1. The van der Waals surface area contributed by atoms with Crippen molar-refractivity contribution in [2.45, 2.75) is 51.5 Å². The maximum Gasteiger partial charge on any atom is 0.407 e. The summed E-state index contributed by atoms with van der Waals surface area (Å²) >= 11 is 0. The van der Waals surface area contributed by atoms with Crippen molar-refractivity contribution in [1.82, 2.24) is 5.32 Å². The lowest BCUT2D eigenvalue weighted by atomic mass is 9.83. The number of ether oxygens (including phenoxy) is 2. The van der Waals surface area contributed by atoms with Crippen molar-refractivity contribution in [3.63, 3.8) is 0 Å². The number of rotatable bonds is 4. The minimum Gasteiger partial charge on any atom is -0.447 e. The van der Waals surface area contributed by atoms with Crippen molar-refractivity contribution in [2.24, 2.45) is 5.73 Å². The third kappa shape index (κ3) is 3.35. The summed E-state index contributed by atoms with van der Waals surface area (Å²) in [5.41, 5.74) is 5.77. The van der Waals surface area contributed by atoms with Crippen LogP contribution in [0.1, 0.15) is 27.2 Å². The molecule has 1 saturated carbocycles. The molecule has 0 spiro atoms. The summed E-state index contributed by atoms with van der Waals surface area (Å²) in [6, 6.07) is -0.141. The number of hydrogen-bond acceptors (Lipinski definition) is 4. The number of carbonyl (C=O) groups is 1. The minimum atomic E-state index is -0.421. The van der Waals surface area contributed by atoms with Crippen molar-refractivity contribution < 1.29 is 14.3 Å². The van der Waals surface area contributed by atoms with Crippen LogP contribution in [0.4, 0.5) is 4.79 Å². The van der Waals surface area contributed by atoms with Crippen LogP contribution in [0, 0.1) is 0 Å². The summed E-state index contributed by atoms with van der Waals surface area (Å²) in [6.07, 6.45) is 0.284. The summed E-state index contributed by atoms with van der Waals surface area (Å²) in [6.45, 7) is 6.17. The Labute approximate surface area is 90.3 Å². The van der Waals surface area contributed by atoms with E-state index in [0.29, 0.717) is 6.61 Å². The van der Waals surface area contributed by atoms with Gasteiger partial charge < -0.3 is 20.5 Å². The molecule has 3 N–H and O–H groups in total. The van der Waals surface area contributed by atoms with Crippen molar-refractivity contribution in [3.8, 4) is 0 Å². The first-order chi connectivity index (χ1) is 7.04. The Bertz CT molecular complexity index is 219. The monoisotopic (exact) mass is 216 g/mol. The number of amides is 1. The molecule has 0 aromatic carbocycles. The van der Waals surface area contributed by atoms with Gasteiger partial charge >= 0.3 is 6.09 Å². The molecular weight excluding hydrogens is 196 g/mol. The van der Waals surface area contributed by atoms with Gasteiger partial charge in [0.25, 0.3) is 0 Å². The van der Waals surface area contributed by atoms with Gasteiger partial charge in [-0.1, -0.05) is 0 Å². The Balaban J connectivity index is 2.32. The molecule has 0 aromatic rings. The third-order valence-corrected chi connectivity index (χ3v) is 2.37. The van der Waals surface area contributed by atoms with Gasteiger partial charge in [0.2, 0.25) is 0 Å². The first kappa shape index (κ1) is 12.3. The van der Waals surface area contributed by atoms with E-state index in [1.54, 1.807) is 13.8 Å². The molecular formula is C10H20N2O3. The Hall–Kier alpha value is -0.810. The van der Waals surface area contributed by atoms with E-state index in [4.69, 9.17) is 15.2 Å². The van der Waals surface area contributed by atoms with Crippen LogP contribution < -0.4 is 11.1 Å². The van der Waals surface area contributed by atoms with E-state index in [1.165, 1.54) is 0 Å². The highest BCUT2D eigenvalue weighted by Gasteiger charge is 2.40. The Morgan fingerprint density at radius 3 is 2.73 bits per heavy atom. The second-order valence-electron chi connectivity index (χ2n) is 4.02. The SMILES string of the molecule is CCOC1CC(N)C1NC(=O)OC(C)C. The molecule has 1 aliphatic rings. The zero-order chi connectivity index (χ0) is 11.4. The molecule has 1 aliphatic carbocycles. The van der Waals surface area contributed by atoms with E-state index < -0.39 is 6.09 Å². The van der Waals surface area contributed by atoms with Gasteiger partial charge in [0, 0.05) is 12.6 Å². The molecule has 0 aliphatic heterocycles. The fraction of sp³-hybridized carbons (Fsp3) is 0.900. The first-order valence-electron chi connectivity index (χ1n) is 5.39. The fourth-order valence-corrected chi connectivity index (χ4v) is 1.61. The maximum atomic E-state index is 11.3. The summed E-state index contributed by atoms with van der Waals surface area (Å²) in [4.78, 5) is 11.3. The van der Waals surface area contributed by atoms with Crippen LogP contribution in [0.25, 0.3) is 0 Å². The summed E-state index contributed by atoms with van der Waals surface area (Å²) < 4.78 is 10.4. The fourth-order valence-electron chi connectivity index (χ4n) is 1.61. The molecule has 1 amide bonds. The van der Waals surface area contributed by atoms with Crippen molar-refractivity contribution in [1.29, 1.82) is 0 Å². The smallest absolute Gasteiger partial charge is 0.407 e. The number of nitrogens with one attached hydrogen (secondary N) is 1. The van der Waals surface area contributed by atoms with Gasteiger partial charge in [-0.05, 0) is 27.2 Å². The van der Waals surface area contributed by atoms with Crippen LogP contribution >= 0.6 is 0 Å². The lowest BCUT2D eigenvalue weighted by Gasteiger charge is -2.42. The van der Waals surface area contributed by atoms with Gasteiger partial charge in [-0.25, -0.2) is 4.79 Å². The highest BCUT2D eigenvalue weighted by molar-refractivity contribution is 5.68. The molecule has 5 nitrogen and oxygen atoms in total. The number of hydrogen-bond donors (Lipinski definition) is 2. The molecule has 1 rings (SSSR count). The molecule has 5 heteroatoms. The Morgan fingerprint density at radius 1 is 1.60 bits per heavy atom. The topological polar surface area (TPSA) is 73.6 Å². The lowest BCUT2D eigenvalue weighted by molar-refractivity contribution is -0.0327. The maximum absolute atomic E-state index is 11.3. The molecule has 0 heterocycles. The van der Waals surface area contributed by atoms with Crippen molar-refractivity contribution >= 4 is 6.09 Å². The van der Waals surface area contributed by atoms with Crippen LogP contribution in [-0.4, -0.2) is 37.0 Å². The summed E-state index contributed by atoms with van der Waals surface area (Å²) in [5, 5.41) is 2.72. The van der Waals surface area contributed by atoms with Gasteiger partial charge in [0.1, 0.15) is 0 Å². The zero-order valence-electron chi connectivity index (χ0n) is 9.53. The van der Waals surface area contributed by atoms with Crippen molar-refractivity contribution in [3.05, 3.63) is 0 Å². The second-order valence-corrected chi connectivity index (χ2v) is 4.02. The van der Waals surface area contributed by atoms with E-state index in [1.807, 2.05) is 6.92 Å². The molecule has 0 saturated heterocycles. The van der Waals surface area contributed by atoms with Gasteiger partial charge in [-0.15, -0.1) is 0 Å². The second kappa shape index (κ2) is 5.32. The average molecular weight is 216 g/mol. The van der Waals surface area contributed by atoms with Crippen LogP contribution in [-0.2, 0) is 9.47 Å². The normalized spacial score (nSPS) is 29.8. The first-order valence-corrected chi connectivity index (χ1v) is 5.39. The van der Waals surface area contributed by atoms with E-state index in [2.05, 4.69) is 5.32 Å². The minimum absolute atomic E-state index is 0.0266. The van der Waals surface area contributed by atoms with Crippen LogP contribution in [0.2, 0.25) is 0 Å². The largest absolute Gasteiger partial charge is 0.447 e. The molecule has 1 fully saturated rings. The molecule has 88 valence electrons. The van der Waals surface area contributed by atoms with Gasteiger partial charge in [-0.3, -0.25) is 0 Å². The van der Waals surface area contributed by atoms with Gasteiger partial charge in [0.05, 0.1) is 18.2 Å². The highest BCUT2D eigenvalue weighted by atomic mass is 16.6. The Morgan fingerprint density at radius 2 is 2.27 bits per heavy atom. The average Bonchev–Trinajstić information content (AvgIpc) is 2.13. The molecule has 15 heavy (non-hydrogen) atoms. The Kier molecular flexibility index (Phi) is 4.35. The molecule has 0 radical (unpaired) electrons. The van der Waals surface area contributed by atoms with E-state index >= 15 is 0 Å². The van der Waals surface area contributed by atoms with Crippen LogP contribution in [0.5, 0.6) is 0 Å². The van der Waals surface area contributed by atoms with Gasteiger partial charge in [-0.2, -0.15) is 0 Å². The van der Waals surface area contributed by atoms with E-state index in [9.17, 15) is 4.79 Å². The van der Waals surface area contributed by atoms with E-state index in [-0.39, 0.29) is 24.3 Å². The number of nitrogens with two attached hydrogens (primary N) is 1. The summed E-state index contributed by atoms with van der Waals surface area (Å²) in [7, 11) is 0. The number of carbonyl (C=O) groups excluding carboxylic acids is 1. The molecule has 3 unspecified atom stereocenters. The molecule has 0 aromatic heterocycles.